The monoisotopic (exact) mass is 263 g/mol. The zero-order chi connectivity index (χ0) is 14.8. The Kier molecular flexibility index (Phi) is 8.34. The first-order valence-corrected chi connectivity index (χ1v) is 6.79. The lowest BCUT2D eigenvalue weighted by molar-refractivity contribution is 0.0520. The standard InChI is InChI=1S/C14H19NO2.C2H6/c1-5-7-12-11(8-10(3)4)9-13(15-12)14(16)17-6-2;1-2/h5,7-10,15H,1,6H2,2-4H3;1-2H3/b11-8-,12-7+;. The number of carbonyl (C=O) groups is 1. The summed E-state index contributed by atoms with van der Waals surface area (Å²) in [7, 11) is 0. The Bertz CT molecular complexity index is 509. The van der Waals surface area contributed by atoms with Crippen LogP contribution in [0.1, 0.15) is 45.1 Å². The third-order valence-electron chi connectivity index (χ3n) is 2.17. The molecule has 0 atom stereocenters. The van der Waals surface area contributed by atoms with Crippen LogP contribution in [0, 0.1) is 5.92 Å². The van der Waals surface area contributed by atoms with Gasteiger partial charge in [-0.25, -0.2) is 4.79 Å². The maximum atomic E-state index is 11.6. The molecule has 0 radical (unpaired) electrons. The fraction of sp³-hybridized carbons (Fsp3) is 0.438. The number of carbonyl (C=O) groups excluding carboxylic acids is 1. The third kappa shape index (κ3) is 5.60. The molecule has 0 saturated heterocycles. The summed E-state index contributed by atoms with van der Waals surface area (Å²) in [5, 5.41) is 1.89. The number of hydrogen-bond donors (Lipinski definition) is 1. The number of allylic oxidation sites excluding steroid dienone is 1. The van der Waals surface area contributed by atoms with Crippen LogP contribution >= 0.6 is 0 Å². The summed E-state index contributed by atoms with van der Waals surface area (Å²) in [4.78, 5) is 14.6. The fourth-order valence-electron chi connectivity index (χ4n) is 1.56. The molecule has 3 heteroatoms. The Morgan fingerprint density at radius 1 is 1.47 bits per heavy atom. The maximum Gasteiger partial charge on any atom is 0.354 e. The van der Waals surface area contributed by atoms with Gasteiger partial charge in [-0.3, -0.25) is 0 Å². The van der Waals surface area contributed by atoms with E-state index in [1.807, 2.05) is 26.0 Å². The highest BCUT2D eigenvalue weighted by atomic mass is 16.5. The summed E-state index contributed by atoms with van der Waals surface area (Å²) in [6, 6.07) is 1.81. The summed E-state index contributed by atoms with van der Waals surface area (Å²) < 4.78 is 4.96. The summed E-state index contributed by atoms with van der Waals surface area (Å²) in [5.41, 5.74) is 0.479. The van der Waals surface area contributed by atoms with Crippen molar-refractivity contribution in [1.82, 2.24) is 4.98 Å². The van der Waals surface area contributed by atoms with Crippen LogP contribution in [-0.4, -0.2) is 17.6 Å². The normalized spacial score (nSPS) is 12.1. The molecule has 0 aliphatic heterocycles. The highest BCUT2D eigenvalue weighted by Gasteiger charge is 2.08. The topological polar surface area (TPSA) is 42.1 Å². The van der Waals surface area contributed by atoms with Crippen LogP contribution in [0.3, 0.4) is 0 Å². The molecule has 1 aromatic heterocycles. The first kappa shape index (κ1) is 17.2. The minimum Gasteiger partial charge on any atom is -0.461 e. The highest BCUT2D eigenvalue weighted by molar-refractivity contribution is 5.87. The largest absolute Gasteiger partial charge is 0.461 e. The average Bonchev–Trinajstić information content (AvgIpc) is 2.75. The molecule has 1 heterocycles. The SMILES string of the molecule is C=C/C=c1/[nH]c(C(=O)OCC)c/c1=C/C(C)C.CC. The molecule has 0 aromatic carbocycles. The molecule has 3 nitrogen and oxygen atoms in total. The van der Waals surface area contributed by atoms with E-state index in [0.717, 1.165) is 10.6 Å². The Balaban J connectivity index is 0.00000154. The van der Waals surface area contributed by atoms with E-state index in [1.165, 1.54) is 0 Å². The van der Waals surface area contributed by atoms with Crippen molar-refractivity contribution in [3.05, 3.63) is 35.0 Å². The first-order chi connectivity index (χ1) is 9.08. The second kappa shape index (κ2) is 9.20. The lowest BCUT2D eigenvalue weighted by Gasteiger charge is -1.96. The number of aromatic nitrogens is 1. The van der Waals surface area contributed by atoms with Gasteiger partial charge in [-0.15, -0.1) is 0 Å². The second-order valence-corrected chi connectivity index (χ2v) is 4.09. The molecule has 1 rings (SSSR count). The smallest absolute Gasteiger partial charge is 0.354 e. The molecule has 0 unspecified atom stereocenters. The van der Waals surface area contributed by atoms with Gasteiger partial charge in [0.25, 0.3) is 0 Å². The van der Waals surface area contributed by atoms with Crippen molar-refractivity contribution in [2.45, 2.75) is 34.6 Å². The van der Waals surface area contributed by atoms with E-state index in [-0.39, 0.29) is 5.97 Å². The van der Waals surface area contributed by atoms with Crippen molar-refractivity contribution >= 4 is 18.1 Å². The molecule has 106 valence electrons. The van der Waals surface area contributed by atoms with Crippen molar-refractivity contribution in [3.8, 4) is 0 Å². The van der Waals surface area contributed by atoms with Gasteiger partial charge in [0.05, 0.1) is 6.61 Å². The molecule has 0 saturated carbocycles. The molecular formula is C16H25NO2. The van der Waals surface area contributed by atoms with Gasteiger partial charge in [0, 0.05) is 5.35 Å². The molecule has 0 amide bonds. The van der Waals surface area contributed by atoms with E-state index in [1.54, 1.807) is 13.0 Å². The minimum absolute atomic E-state index is 0.324. The molecule has 0 aliphatic rings. The van der Waals surface area contributed by atoms with Crippen LogP contribution in [0.15, 0.2) is 18.7 Å². The quantitative estimate of drug-likeness (QED) is 0.848. The lowest BCUT2D eigenvalue weighted by atomic mass is 10.2. The first-order valence-electron chi connectivity index (χ1n) is 6.79. The average molecular weight is 263 g/mol. The van der Waals surface area contributed by atoms with Crippen LogP contribution in [0.25, 0.3) is 12.2 Å². The molecule has 0 spiro atoms. The van der Waals surface area contributed by atoms with Crippen molar-refractivity contribution in [1.29, 1.82) is 0 Å². The Hall–Kier alpha value is -1.77. The Morgan fingerprint density at radius 3 is 2.58 bits per heavy atom. The zero-order valence-electron chi connectivity index (χ0n) is 12.6. The van der Waals surface area contributed by atoms with Gasteiger partial charge in [0.15, 0.2) is 0 Å². The number of hydrogen-bond acceptors (Lipinski definition) is 2. The van der Waals surface area contributed by atoms with Gasteiger partial charge in [0.2, 0.25) is 0 Å². The highest BCUT2D eigenvalue weighted by Crippen LogP contribution is 1.95. The van der Waals surface area contributed by atoms with E-state index in [4.69, 9.17) is 4.74 Å². The minimum atomic E-state index is -0.324. The lowest BCUT2D eigenvalue weighted by Crippen LogP contribution is -2.22. The van der Waals surface area contributed by atoms with E-state index in [9.17, 15) is 4.79 Å². The van der Waals surface area contributed by atoms with Gasteiger partial charge in [-0.2, -0.15) is 0 Å². The van der Waals surface area contributed by atoms with Crippen LogP contribution < -0.4 is 10.6 Å². The Labute approximate surface area is 115 Å². The van der Waals surface area contributed by atoms with Gasteiger partial charge < -0.3 is 9.72 Å². The van der Waals surface area contributed by atoms with Crippen LogP contribution in [-0.2, 0) is 4.74 Å². The summed E-state index contributed by atoms with van der Waals surface area (Å²) in [6.07, 6.45) is 5.63. The number of H-pyrrole nitrogens is 1. The van der Waals surface area contributed by atoms with Crippen LogP contribution in [0.5, 0.6) is 0 Å². The fourth-order valence-corrected chi connectivity index (χ4v) is 1.56. The summed E-state index contributed by atoms with van der Waals surface area (Å²) >= 11 is 0. The van der Waals surface area contributed by atoms with E-state index >= 15 is 0 Å². The summed E-state index contributed by atoms with van der Waals surface area (Å²) in [5.74, 6) is 0.0902. The van der Waals surface area contributed by atoms with Gasteiger partial charge in [-0.05, 0) is 30.2 Å². The third-order valence-corrected chi connectivity index (χ3v) is 2.17. The van der Waals surface area contributed by atoms with E-state index in [2.05, 4.69) is 31.5 Å². The predicted octanol–water partition coefficient (Wildman–Crippen LogP) is 2.62. The number of nitrogens with one attached hydrogen (secondary N) is 1. The van der Waals surface area contributed by atoms with Crippen molar-refractivity contribution in [2.24, 2.45) is 5.92 Å². The van der Waals surface area contributed by atoms with Crippen molar-refractivity contribution < 1.29 is 9.53 Å². The molecular weight excluding hydrogens is 238 g/mol. The molecule has 1 N–H and O–H groups in total. The van der Waals surface area contributed by atoms with Gasteiger partial charge in [-0.1, -0.05) is 46.4 Å². The van der Waals surface area contributed by atoms with Crippen LogP contribution in [0.4, 0.5) is 0 Å². The summed E-state index contributed by atoms with van der Waals surface area (Å²) in [6.45, 7) is 14.0. The molecule has 19 heavy (non-hydrogen) atoms. The number of esters is 1. The number of aromatic amines is 1. The molecule has 0 aliphatic carbocycles. The maximum absolute atomic E-state index is 11.6. The zero-order valence-corrected chi connectivity index (χ0v) is 12.6. The molecule has 1 aromatic rings. The van der Waals surface area contributed by atoms with Crippen molar-refractivity contribution in [2.75, 3.05) is 6.61 Å². The second-order valence-electron chi connectivity index (χ2n) is 4.09. The number of rotatable bonds is 4. The predicted molar refractivity (Wildman–Crippen MR) is 81.3 cm³/mol. The molecule has 0 bridgehead atoms. The number of ether oxygens (including phenoxy) is 1. The van der Waals surface area contributed by atoms with Crippen LogP contribution in [0.2, 0.25) is 0 Å². The van der Waals surface area contributed by atoms with E-state index < -0.39 is 0 Å². The van der Waals surface area contributed by atoms with E-state index in [0.29, 0.717) is 18.2 Å². The Morgan fingerprint density at radius 2 is 2.11 bits per heavy atom. The van der Waals surface area contributed by atoms with Crippen molar-refractivity contribution in [3.63, 3.8) is 0 Å². The molecule has 0 fully saturated rings. The van der Waals surface area contributed by atoms with Gasteiger partial charge in [0.1, 0.15) is 5.69 Å². The van der Waals surface area contributed by atoms with Gasteiger partial charge >= 0.3 is 5.97 Å².